The smallest absolute Gasteiger partial charge is 0.372 e. The fraction of sp³-hybridized carbons (Fsp3) is 0.759. The maximum atomic E-state index is 11.4. The third kappa shape index (κ3) is 24.4. The molecular formula is C29H47NO16. The van der Waals surface area contributed by atoms with Crippen LogP contribution in [0.2, 0.25) is 0 Å². The van der Waals surface area contributed by atoms with Crippen molar-refractivity contribution < 1.29 is 76.4 Å². The van der Waals surface area contributed by atoms with Crippen molar-refractivity contribution in [2.45, 2.75) is 12.8 Å². The number of rotatable bonds is 34. The molecule has 1 N–H and O–H groups in total. The van der Waals surface area contributed by atoms with Crippen molar-refractivity contribution in [1.82, 2.24) is 4.90 Å². The molecule has 264 valence electrons. The lowest BCUT2D eigenvalue weighted by Gasteiger charge is -2.13. The molecule has 0 unspecified atom stereocenters. The molecule has 17 heteroatoms. The van der Waals surface area contributed by atoms with E-state index < -0.39 is 24.1 Å². The van der Waals surface area contributed by atoms with E-state index >= 15 is 0 Å². The molecule has 1 heterocycles. The molecule has 0 fully saturated rings. The molecular weight excluding hydrogens is 618 g/mol. The molecule has 0 aromatic carbocycles. The zero-order chi connectivity index (χ0) is 33.5. The van der Waals surface area contributed by atoms with E-state index in [9.17, 15) is 24.0 Å². The second kappa shape index (κ2) is 29.5. The Morgan fingerprint density at radius 3 is 1.11 bits per heavy atom. The summed E-state index contributed by atoms with van der Waals surface area (Å²) in [4.78, 5) is 56.5. The van der Waals surface area contributed by atoms with Gasteiger partial charge in [0.15, 0.2) is 0 Å². The molecule has 0 aromatic heterocycles. The molecule has 0 aromatic rings. The van der Waals surface area contributed by atoms with Crippen molar-refractivity contribution in [3.05, 3.63) is 12.2 Å². The Hall–Kier alpha value is -2.87. The number of carbonyl (C=O) groups excluding carboxylic acids is 4. The summed E-state index contributed by atoms with van der Waals surface area (Å²) >= 11 is 0. The summed E-state index contributed by atoms with van der Waals surface area (Å²) in [7, 11) is 0. The standard InChI is InChI=1S/C29H47NO16/c31-25(29(35)36)1-4-28(34)46-24-23-45-22-21-44-20-19-43-18-17-42-16-15-41-14-13-40-12-11-39-10-9-38-8-7-37-6-5-30-26(32)2-3-27(30)33/h2-3H,1,4-24H2,(H,35,36). The highest BCUT2D eigenvalue weighted by atomic mass is 16.6. The number of amides is 2. The van der Waals surface area contributed by atoms with Gasteiger partial charge in [0.2, 0.25) is 5.78 Å². The molecule has 0 spiro atoms. The van der Waals surface area contributed by atoms with Crippen molar-refractivity contribution in [2.24, 2.45) is 0 Å². The normalized spacial score (nSPS) is 12.7. The number of nitrogens with zero attached hydrogens (tertiary/aromatic N) is 1. The van der Waals surface area contributed by atoms with Crippen LogP contribution >= 0.6 is 0 Å². The fourth-order valence-corrected chi connectivity index (χ4v) is 3.28. The van der Waals surface area contributed by atoms with Gasteiger partial charge in [-0.3, -0.25) is 24.1 Å². The van der Waals surface area contributed by atoms with Crippen LogP contribution in [0.4, 0.5) is 0 Å². The second-order valence-corrected chi connectivity index (χ2v) is 9.12. The maximum Gasteiger partial charge on any atom is 0.372 e. The van der Waals surface area contributed by atoms with E-state index in [0.717, 1.165) is 4.90 Å². The average Bonchev–Trinajstić information content (AvgIpc) is 3.36. The van der Waals surface area contributed by atoms with Crippen LogP contribution in [0.5, 0.6) is 0 Å². The van der Waals surface area contributed by atoms with Gasteiger partial charge in [0, 0.05) is 18.6 Å². The number of esters is 1. The lowest BCUT2D eigenvalue weighted by molar-refractivity contribution is -0.151. The van der Waals surface area contributed by atoms with Gasteiger partial charge in [-0.1, -0.05) is 0 Å². The largest absolute Gasteiger partial charge is 0.476 e. The minimum atomic E-state index is -1.57. The summed E-state index contributed by atoms with van der Waals surface area (Å²) in [6.45, 7) is 7.24. The Morgan fingerprint density at radius 1 is 0.478 bits per heavy atom. The van der Waals surface area contributed by atoms with Crippen molar-refractivity contribution in [2.75, 3.05) is 132 Å². The lowest BCUT2D eigenvalue weighted by atomic mass is 10.2. The monoisotopic (exact) mass is 665 g/mol. The van der Waals surface area contributed by atoms with Crippen LogP contribution in [-0.4, -0.2) is 172 Å². The second-order valence-electron chi connectivity index (χ2n) is 9.12. The quantitative estimate of drug-likeness (QED) is 0.0381. The minimum Gasteiger partial charge on any atom is -0.476 e. The van der Waals surface area contributed by atoms with Crippen LogP contribution in [0, 0.1) is 0 Å². The Labute approximate surface area is 268 Å². The molecule has 0 atom stereocenters. The van der Waals surface area contributed by atoms with Gasteiger partial charge in [0.1, 0.15) is 6.61 Å². The van der Waals surface area contributed by atoms with Crippen LogP contribution in [0.15, 0.2) is 12.2 Å². The maximum absolute atomic E-state index is 11.4. The molecule has 1 aliphatic heterocycles. The van der Waals surface area contributed by atoms with E-state index in [0.29, 0.717) is 106 Å². The Kier molecular flexibility index (Phi) is 26.4. The molecule has 2 amide bonds. The van der Waals surface area contributed by atoms with Gasteiger partial charge in [-0.25, -0.2) is 4.79 Å². The van der Waals surface area contributed by atoms with Gasteiger partial charge in [0.05, 0.1) is 132 Å². The Balaban J connectivity index is 1.66. The highest BCUT2D eigenvalue weighted by Gasteiger charge is 2.22. The number of carbonyl (C=O) groups is 5. The van der Waals surface area contributed by atoms with E-state index in [2.05, 4.69) is 0 Å². The van der Waals surface area contributed by atoms with Crippen LogP contribution in [0.25, 0.3) is 0 Å². The molecule has 1 rings (SSSR count). The number of hydrogen-bond acceptors (Lipinski definition) is 15. The summed E-state index contributed by atoms with van der Waals surface area (Å²) in [5, 5.41) is 8.43. The first-order valence-corrected chi connectivity index (χ1v) is 15.1. The Bertz CT molecular complexity index is 865. The Morgan fingerprint density at radius 2 is 0.783 bits per heavy atom. The highest BCUT2D eigenvalue weighted by molar-refractivity contribution is 6.32. The first kappa shape index (κ1) is 41.2. The van der Waals surface area contributed by atoms with Gasteiger partial charge < -0.3 is 52.5 Å². The number of ketones is 1. The van der Waals surface area contributed by atoms with E-state index in [1.165, 1.54) is 12.2 Å². The predicted octanol–water partition coefficient (Wildman–Crippen LogP) is -0.962. The number of ether oxygens (including phenoxy) is 10. The molecule has 0 saturated heterocycles. The SMILES string of the molecule is O=C(CCC(=O)C(=O)O)OCCOCCOCCOCCOCCOCCOCCOCCOCCOCCN1C(=O)C=CC1=O. The molecule has 0 saturated carbocycles. The average molecular weight is 666 g/mol. The third-order valence-corrected chi connectivity index (χ3v) is 5.62. The third-order valence-electron chi connectivity index (χ3n) is 5.62. The van der Waals surface area contributed by atoms with Crippen molar-refractivity contribution in [1.29, 1.82) is 0 Å². The fourth-order valence-electron chi connectivity index (χ4n) is 3.28. The number of Topliss-reactive ketones (excluding diaryl/α,β-unsaturated/α-hetero) is 1. The van der Waals surface area contributed by atoms with Crippen LogP contribution < -0.4 is 0 Å². The number of hydrogen-bond donors (Lipinski definition) is 1. The summed E-state index contributed by atoms with van der Waals surface area (Å²) in [6, 6.07) is 0. The van der Waals surface area contributed by atoms with Gasteiger partial charge >= 0.3 is 11.9 Å². The number of carboxylic acid groups (broad SMARTS) is 1. The van der Waals surface area contributed by atoms with Crippen molar-refractivity contribution >= 4 is 29.5 Å². The van der Waals surface area contributed by atoms with Crippen LogP contribution in [0.1, 0.15) is 12.8 Å². The summed E-state index contributed by atoms with van der Waals surface area (Å²) < 4.78 is 53.2. The molecule has 1 aliphatic rings. The summed E-state index contributed by atoms with van der Waals surface area (Å²) in [5.41, 5.74) is 0. The number of imide groups is 1. The van der Waals surface area contributed by atoms with Crippen LogP contribution in [0.3, 0.4) is 0 Å². The minimum absolute atomic E-state index is 0.00641. The van der Waals surface area contributed by atoms with Gasteiger partial charge in [-0.2, -0.15) is 0 Å². The number of aliphatic carboxylic acids is 1. The van der Waals surface area contributed by atoms with Crippen molar-refractivity contribution in [3.63, 3.8) is 0 Å². The van der Waals surface area contributed by atoms with E-state index in [1.54, 1.807) is 0 Å². The highest BCUT2D eigenvalue weighted by Crippen LogP contribution is 2.02. The van der Waals surface area contributed by atoms with E-state index in [4.69, 9.17) is 52.5 Å². The van der Waals surface area contributed by atoms with Crippen molar-refractivity contribution in [3.8, 4) is 0 Å². The summed E-state index contributed by atoms with van der Waals surface area (Å²) in [6.07, 6.45) is 1.81. The molecule has 46 heavy (non-hydrogen) atoms. The first-order valence-electron chi connectivity index (χ1n) is 15.1. The topological polar surface area (TPSA) is 201 Å². The van der Waals surface area contributed by atoms with Gasteiger partial charge in [-0.05, 0) is 0 Å². The predicted molar refractivity (Wildman–Crippen MR) is 156 cm³/mol. The zero-order valence-electron chi connectivity index (χ0n) is 26.2. The lowest BCUT2D eigenvalue weighted by Crippen LogP contribution is -2.33. The molecule has 0 radical (unpaired) electrons. The number of carboxylic acids is 1. The first-order chi connectivity index (χ1) is 22.4. The molecule has 0 bridgehead atoms. The van der Waals surface area contributed by atoms with Crippen LogP contribution in [-0.2, 0) is 71.3 Å². The van der Waals surface area contributed by atoms with E-state index in [1.807, 2.05) is 0 Å². The van der Waals surface area contributed by atoms with E-state index in [-0.39, 0.29) is 44.6 Å². The summed E-state index contributed by atoms with van der Waals surface area (Å²) in [5.74, 6) is -3.89. The zero-order valence-corrected chi connectivity index (χ0v) is 26.2. The molecule has 0 aliphatic carbocycles. The van der Waals surface area contributed by atoms with Gasteiger partial charge in [-0.15, -0.1) is 0 Å². The molecule has 17 nitrogen and oxygen atoms in total. The van der Waals surface area contributed by atoms with Gasteiger partial charge in [0.25, 0.3) is 11.8 Å².